The predicted molar refractivity (Wildman–Crippen MR) is 52.2 cm³/mol. The zero-order chi connectivity index (χ0) is 9.40. The molecule has 0 bridgehead atoms. The van der Waals surface area contributed by atoms with Gasteiger partial charge in [-0.1, -0.05) is 32.0 Å². The Labute approximate surface area is 74.0 Å². The summed E-state index contributed by atoms with van der Waals surface area (Å²) in [6, 6.07) is 7.24. The maximum Gasteiger partial charge on any atom is 0.118 e. The van der Waals surface area contributed by atoms with Crippen molar-refractivity contribution in [3.05, 3.63) is 29.8 Å². The molecule has 1 aromatic rings. The molecule has 3 N–H and O–H groups in total. The minimum Gasteiger partial charge on any atom is -0.508 e. The van der Waals surface area contributed by atoms with Gasteiger partial charge in [-0.05, 0) is 24.6 Å². The zero-order valence-corrected chi connectivity index (χ0v) is 7.75. The highest BCUT2D eigenvalue weighted by Gasteiger charge is 1.95. The molecule has 0 fully saturated rings. The summed E-state index contributed by atoms with van der Waals surface area (Å²) in [7, 11) is 0. The third kappa shape index (κ3) is 3.39. The SMILES string of the molecule is CC.NCCc1ccccc1O. The quantitative estimate of drug-likeness (QED) is 0.707. The van der Waals surface area contributed by atoms with Gasteiger partial charge in [-0.25, -0.2) is 0 Å². The maximum absolute atomic E-state index is 9.19. The molecule has 1 rings (SSSR count). The average molecular weight is 167 g/mol. The van der Waals surface area contributed by atoms with E-state index in [4.69, 9.17) is 5.73 Å². The van der Waals surface area contributed by atoms with Gasteiger partial charge in [-0.2, -0.15) is 0 Å². The molecule has 0 aliphatic carbocycles. The lowest BCUT2D eigenvalue weighted by atomic mass is 10.1. The molecule has 0 unspecified atom stereocenters. The molecule has 2 heteroatoms. The van der Waals surface area contributed by atoms with Crippen LogP contribution >= 0.6 is 0 Å². The van der Waals surface area contributed by atoms with Crippen LogP contribution in [0.5, 0.6) is 5.75 Å². The second-order valence-electron chi connectivity index (χ2n) is 2.17. The van der Waals surface area contributed by atoms with Crippen LogP contribution in [-0.2, 0) is 6.42 Å². The third-order valence-corrected chi connectivity index (χ3v) is 1.41. The van der Waals surface area contributed by atoms with E-state index in [-0.39, 0.29) is 0 Å². The Bertz CT molecular complexity index is 211. The van der Waals surface area contributed by atoms with E-state index in [1.807, 2.05) is 26.0 Å². The molecule has 0 radical (unpaired) electrons. The van der Waals surface area contributed by atoms with Crippen molar-refractivity contribution in [1.82, 2.24) is 0 Å². The van der Waals surface area contributed by atoms with Crippen LogP contribution in [0.3, 0.4) is 0 Å². The standard InChI is InChI=1S/C8H11NO.C2H6/c9-6-5-7-3-1-2-4-8(7)10;1-2/h1-4,10H,5-6,9H2;1-2H3. The lowest BCUT2D eigenvalue weighted by Gasteiger charge is -1.99. The first kappa shape index (κ1) is 11.0. The van der Waals surface area contributed by atoms with Crippen molar-refractivity contribution in [3.8, 4) is 5.75 Å². The van der Waals surface area contributed by atoms with E-state index < -0.39 is 0 Å². The first-order chi connectivity index (χ1) is 5.84. The fourth-order valence-electron chi connectivity index (χ4n) is 0.878. The van der Waals surface area contributed by atoms with Crippen molar-refractivity contribution in [2.45, 2.75) is 20.3 Å². The Kier molecular flexibility index (Phi) is 6.11. The average Bonchev–Trinajstić information content (AvgIpc) is 2.13. The van der Waals surface area contributed by atoms with Gasteiger partial charge in [0.05, 0.1) is 0 Å². The number of para-hydroxylation sites is 1. The Hall–Kier alpha value is -1.02. The van der Waals surface area contributed by atoms with Crippen LogP contribution in [0.1, 0.15) is 19.4 Å². The summed E-state index contributed by atoms with van der Waals surface area (Å²) in [6.45, 7) is 4.58. The van der Waals surface area contributed by atoms with Gasteiger partial charge in [0.25, 0.3) is 0 Å². The summed E-state index contributed by atoms with van der Waals surface area (Å²) in [5.74, 6) is 0.341. The Morgan fingerprint density at radius 2 is 1.83 bits per heavy atom. The number of nitrogens with two attached hydrogens (primary N) is 1. The molecule has 2 nitrogen and oxygen atoms in total. The molecule has 0 atom stereocenters. The minimum atomic E-state index is 0.341. The molecule has 0 saturated heterocycles. The molecule has 0 aliphatic rings. The van der Waals surface area contributed by atoms with Crippen LogP contribution in [0.15, 0.2) is 24.3 Å². The lowest BCUT2D eigenvalue weighted by Crippen LogP contribution is -2.02. The van der Waals surface area contributed by atoms with Gasteiger partial charge in [-0.3, -0.25) is 0 Å². The second-order valence-corrected chi connectivity index (χ2v) is 2.17. The van der Waals surface area contributed by atoms with Crippen LogP contribution in [0, 0.1) is 0 Å². The Balaban J connectivity index is 0.000000561. The Morgan fingerprint density at radius 3 is 2.33 bits per heavy atom. The van der Waals surface area contributed by atoms with E-state index in [1.165, 1.54) is 0 Å². The van der Waals surface area contributed by atoms with Crippen LogP contribution in [0.4, 0.5) is 0 Å². The minimum absolute atomic E-state index is 0.341. The Morgan fingerprint density at radius 1 is 1.25 bits per heavy atom. The molecule has 68 valence electrons. The number of aromatic hydroxyl groups is 1. The van der Waals surface area contributed by atoms with Crippen molar-refractivity contribution in [2.24, 2.45) is 5.73 Å². The van der Waals surface area contributed by atoms with E-state index in [2.05, 4.69) is 0 Å². The van der Waals surface area contributed by atoms with Crippen molar-refractivity contribution in [3.63, 3.8) is 0 Å². The molecule has 1 aromatic carbocycles. The first-order valence-corrected chi connectivity index (χ1v) is 4.31. The van der Waals surface area contributed by atoms with Crippen molar-refractivity contribution >= 4 is 0 Å². The molecule has 0 aliphatic heterocycles. The summed E-state index contributed by atoms with van der Waals surface area (Å²) in [6.07, 6.45) is 0.743. The number of hydrogen-bond acceptors (Lipinski definition) is 2. The molecule has 0 spiro atoms. The molecule has 0 amide bonds. The lowest BCUT2D eigenvalue weighted by molar-refractivity contribution is 0.468. The fraction of sp³-hybridized carbons (Fsp3) is 0.400. The number of phenolic OH excluding ortho intramolecular Hbond substituents is 1. The number of phenols is 1. The summed E-state index contributed by atoms with van der Waals surface area (Å²) < 4.78 is 0. The summed E-state index contributed by atoms with van der Waals surface area (Å²) in [4.78, 5) is 0. The molecular weight excluding hydrogens is 150 g/mol. The van der Waals surface area contributed by atoms with Crippen molar-refractivity contribution < 1.29 is 5.11 Å². The van der Waals surface area contributed by atoms with Gasteiger partial charge in [-0.15, -0.1) is 0 Å². The summed E-state index contributed by atoms with van der Waals surface area (Å²) >= 11 is 0. The summed E-state index contributed by atoms with van der Waals surface area (Å²) in [5.41, 5.74) is 6.24. The van der Waals surface area contributed by atoms with Gasteiger partial charge < -0.3 is 10.8 Å². The van der Waals surface area contributed by atoms with E-state index >= 15 is 0 Å². The highest BCUT2D eigenvalue weighted by Crippen LogP contribution is 2.14. The van der Waals surface area contributed by atoms with Gasteiger partial charge in [0.1, 0.15) is 5.75 Å². The number of hydrogen-bond donors (Lipinski definition) is 2. The van der Waals surface area contributed by atoms with E-state index in [9.17, 15) is 5.11 Å². The second kappa shape index (κ2) is 6.68. The molecule has 0 aromatic heterocycles. The molecule has 0 heterocycles. The van der Waals surface area contributed by atoms with Gasteiger partial charge >= 0.3 is 0 Å². The van der Waals surface area contributed by atoms with Gasteiger partial charge in [0, 0.05) is 0 Å². The monoisotopic (exact) mass is 167 g/mol. The highest BCUT2D eigenvalue weighted by molar-refractivity contribution is 5.31. The molecule has 12 heavy (non-hydrogen) atoms. The zero-order valence-electron chi connectivity index (χ0n) is 7.75. The van der Waals surface area contributed by atoms with Gasteiger partial charge in [0.2, 0.25) is 0 Å². The molecule has 0 saturated carbocycles. The van der Waals surface area contributed by atoms with E-state index in [1.54, 1.807) is 12.1 Å². The number of rotatable bonds is 2. The van der Waals surface area contributed by atoms with E-state index in [0.717, 1.165) is 12.0 Å². The summed E-state index contributed by atoms with van der Waals surface area (Å²) in [5, 5.41) is 9.19. The third-order valence-electron chi connectivity index (χ3n) is 1.41. The van der Waals surface area contributed by atoms with Crippen LogP contribution in [0.25, 0.3) is 0 Å². The maximum atomic E-state index is 9.19. The topological polar surface area (TPSA) is 46.2 Å². The highest BCUT2D eigenvalue weighted by atomic mass is 16.3. The normalized spacial score (nSPS) is 8.58. The van der Waals surface area contributed by atoms with Gasteiger partial charge in [0.15, 0.2) is 0 Å². The van der Waals surface area contributed by atoms with Crippen LogP contribution in [0.2, 0.25) is 0 Å². The first-order valence-electron chi connectivity index (χ1n) is 4.31. The smallest absolute Gasteiger partial charge is 0.118 e. The number of benzene rings is 1. The largest absolute Gasteiger partial charge is 0.508 e. The molecular formula is C10H17NO. The van der Waals surface area contributed by atoms with Crippen LogP contribution < -0.4 is 5.73 Å². The van der Waals surface area contributed by atoms with E-state index in [0.29, 0.717) is 12.3 Å². The van der Waals surface area contributed by atoms with Crippen molar-refractivity contribution in [1.29, 1.82) is 0 Å². The van der Waals surface area contributed by atoms with Crippen molar-refractivity contribution in [2.75, 3.05) is 6.54 Å². The fourth-order valence-corrected chi connectivity index (χ4v) is 0.878. The predicted octanol–water partition coefficient (Wildman–Crippen LogP) is 1.92. The van der Waals surface area contributed by atoms with Crippen LogP contribution in [-0.4, -0.2) is 11.7 Å².